The van der Waals surface area contributed by atoms with Crippen LogP contribution < -0.4 is 5.32 Å². The van der Waals surface area contributed by atoms with Gasteiger partial charge in [0.15, 0.2) is 8.32 Å². The smallest absolute Gasteiger partial charge is 0.228 e. The molecule has 1 amide bonds. The summed E-state index contributed by atoms with van der Waals surface area (Å²) in [5.41, 5.74) is 0. The fraction of sp³-hybridized carbons (Fsp3) is 0.818. The number of nitrogens with one attached hydrogen (secondary N) is 1. The Bertz CT molecular complexity index is 258. The van der Waals surface area contributed by atoms with Crippen LogP contribution in [-0.4, -0.2) is 20.3 Å². The second kappa shape index (κ2) is 3.90. The first-order valence-electron chi connectivity index (χ1n) is 5.47. The molecule has 1 N–H and O–H groups in total. The van der Waals surface area contributed by atoms with Crippen molar-refractivity contribution >= 4 is 14.2 Å². The van der Waals surface area contributed by atoms with Gasteiger partial charge in [-0.25, -0.2) is 0 Å². The molecule has 1 aliphatic rings. The molecule has 0 unspecified atom stereocenters. The normalized spacial score (nSPS) is 24.4. The van der Waals surface area contributed by atoms with Gasteiger partial charge < -0.3 is 9.74 Å². The first-order chi connectivity index (χ1) is 6.65. The SMILES string of the molecule is C[C@@H](O[Si](C)(C)C(C)(C)C)[C@H]1[CH]NC1=O. The van der Waals surface area contributed by atoms with Crippen molar-refractivity contribution in [1.82, 2.24) is 5.32 Å². The predicted molar refractivity (Wildman–Crippen MR) is 63.7 cm³/mol. The quantitative estimate of drug-likeness (QED) is 0.594. The molecule has 1 rings (SSSR count). The Morgan fingerprint density at radius 2 is 2.00 bits per heavy atom. The number of carbonyl (C=O) groups excluding carboxylic acids is 1. The van der Waals surface area contributed by atoms with Crippen LogP contribution in [0.25, 0.3) is 0 Å². The molecule has 3 nitrogen and oxygen atoms in total. The van der Waals surface area contributed by atoms with Crippen molar-refractivity contribution in [1.29, 1.82) is 0 Å². The van der Waals surface area contributed by atoms with E-state index in [4.69, 9.17) is 4.43 Å². The highest BCUT2D eigenvalue weighted by molar-refractivity contribution is 6.74. The van der Waals surface area contributed by atoms with E-state index < -0.39 is 8.32 Å². The van der Waals surface area contributed by atoms with Gasteiger partial charge in [0.25, 0.3) is 0 Å². The van der Waals surface area contributed by atoms with E-state index in [1.165, 1.54) is 0 Å². The largest absolute Gasteiger partial charge is 0.413 e. The molecular formula is C11H22NO2Si. The molecule has 4 heteroatoms. The van der Waals surface area contributed by atoms with E-state index in [-0.39, 0.29) is 23.0 Å². The summed E-state index contributed by atoms with van der Waals surface area (Å²) < 4.78 is 6.12. The van der Waals surface area contributed by atoms with Gasteiger partial charge in [0.2, 0.25) is 5.91 Å². The molecule has 87 valence electrons. The molecule has 1 fully saturated rings. The summed E-state index contributed by atoms with van der Waals surface area (Å²) >= 11 is 0. The molecule has 0 spiro atoms. The predicted octanol–water partition coefficient (Wildman–Crippen LogP) is 2.30. The average Bonchev–Trinajstić information content (AvgIpc) is 1.98. The van der Waals surface area contributed by atoms with Crippen LogP contribution in [0.4, 0.5) is 0 Å². The van der Waals surface area contributed by atoms with Gasteiger partial charge in [0.1, 0.15) is 0 Å². The van der Waals surface area contributed by atoms with Gasteiger partial charge in [-0.3, -0.25) is 4.79 Å². The zero-order valence-electron chi connectivity index (χ0n) is 10.5. The molecule has 1 saturated heterocycles. The highest BCUT2D eigenvalue weighted by atomic mass is 28.4. The summed E-state index contributed by atoms with van der Waals surface area (Å²) in [6.45, 7) is 14.8. The minimum Gasteiger partial charge on any atom is -0.413 e. The molecule has 0 aromatic heterocycles. The maximum absolute atomic E-state index is 11.2. The summed E-state index contributed by atoms with van der Waals surface area (Å²) in [6.07, 6.45) is -0.000332. The number of hydrogen-bond donors (Lipinski definition) is 1. The van der Waals surface area contributed by atoms with Gasteiger partial charge >= 0.3 is 0 Å². The van der Waals surface area contributed by atoms with E-state index in [9.17, 15) is 4.79 Å². The Kier molecular flexibility index (Phi) is 3.31. The average molecular weight is 228 g/mol. The fourth-order valence-electron chi connectivity index (χ4n) is 1.31. The Hall–Kier alpha value is -0.353. The van der Waals surface area contributed by atoms with Crippen molar-refractivity contribution < 1.29 is 9.22 Å². The first kappa shape index (κ1) is 12.7. The van der Waals surface area contributed by atoms with E-state index in [0.717, 1.165) is 0 Å². The molecule has 15 heavy (non-hydrogen) atoms. The van der Waals surface area contributed by atoms with Crippen LogP contribution in [0, 0.1) is 12.5 Å². The summed E-state index contributed by atoms with van der Waals surface area (Å²) in [4.78, 5) is 11.2. The second-order valence-electron chi connectivity index (χ2n) is 5.78. The Morgan fingerprint density at radius 1 is 1.47 bits per heavy atom. The Morgan fingerprint density at radius 3 is 2.27 bits per heavy atom. The third kappa shape index (κ3) is 2.61. The maximum atomic E-state index is 11.2. The molecule has 0 aromatic carbocycles. The van der Waals surface area contributed by atoms with E-state index in [2.05, 4.69) is 39.2 Å². The van der Waals surface area contributed by atoms with Gasteiger partial charge in [0.05, 0.1) is 18.6 Å². The Labute approximate surface area is 93.7 Å². The highest BCUT2D eigenvalue weighted by Gasteiger charge is 2.42. The lowest BCUT2D eigenvalue weighted by atomic mass is 9.97. The lowest BCUT2D eigenvalue weighted by Crippen LogP contribution is -2.53. The molecule has 1 radical (unpaired) electrons. The Balaban J connectivity index is 2.57. The molecule has 0 aromatic rings. The van der Waals surface area contributed by atoms with Crippen LogP contribution in [0.3, 0.4) is 0 Å². The van der Waals surface area contributed by atoms with Gasteiger partial charge in [-0.1, -0.05) is 20.8 Å². The van der Waals surface area contributed by atoms with Crippen LogP contribution in [-0.2, 0) is 9.22 Å². The molecular weight excluding hydrogens is 206 g/mol. The van der Waals surface area contributed by atoms with E-state index in [1.54, 1.807) is 0 Å². The van der Waals surface area contributed by atoms with E-state index in [0.29, 0.717) is 0 Å². The monoisotopic (exact) mass is 228 g/mol. The zero-order chi connectivity index (χ0) is 11.9. The highest BCUT2D eigenvalue weighted by Crippen LogP contribution is 2.38. The van der Waals surface area contributed by atoms with Gasteiger partial charge in [-0.05, 0) is 25.1 Å². The number of rotatable bonds is 3. The van der Waals surface area contributed by atoms with Crippen molar-refractivity contribution in [3.63, 3.8) is 0 Å². The topological polar surface area (TPSA) is 38.3 Å². The lowest BCUT2D eigenvalue weighted by Gasteiger charge is -2.41. The van der Waals surface area contributed by atoms with Gasteiger partial charge in [-0.15, -0.1) is 0 Å². The van der Waals surface area contributed by atoms with Crippen LogP contribution in [0.1, 0.15) is 27.7 Å². The number of carbonyl (C=O) groups is 1. The minimum absolute atomic E-state index is 0.000332. The van der Waals surface area contributed by atoms with E-state index >= 15 is 0 Å². The third-order valence-corrected chi connectivity index (χ3v) is 8.07. The van der Waals surface area contributed by atoms with Crippen LogP contribution in [0.15, 0.2) is 0 Å². The minimum atomic E-state index is -1.74. The number of amides is 1. The van der Waals surface area contributed by atoms with Crippen molar-refractivity contribution in [2.75, 3.05) is 0 Å². The van der Waals surface area contributed by atoms with Crippen molar-refractivity contribution in [3.8, 4) is 0 Å². The van der Waals surface area contributed by atoms with Crippen molar-refractivity contribution in [3.05, 3.63) is 6.54 Å². The molecule has 0 saturated carbocycles. The molecule has 1 aliphatic heterocycles. The summed E-state index contributed by atoms with van der Waals surface area (Å²) in [5.74, 6) is 0.0281. The second-order valence-corrected chi connectivity index (χ2v) is 10.5. The lowest BCUT2D eigenvalue weighted by molar-refractivity contribution is -0.131. The van der Waals surface area contributed by atoms with Crippen LogP contribution in [0.5, 0.6) is 0 Å². The van der Waals surface area contributed by atoms with Gasteiger partial charge in [0, 0.05) is 0 Å². The summed E-state index contributed by atoms with van der Waals surface area (Å²) in [5, 5.41) is 2.83. The molecule has 0 bridgehead atoms. The molecule has 0 aliphatic carbocycles. The van der Waals surface area contributed by atoms with Crippen LogP contribution in [0.2, 0.25) is 18.1 Å². The summed E-state index contributed by atoms with van der Waals surface area (Å²) in [6, 6.07) is 0. The van der Waals surface area contributed by atoms with E-state index in [1.807, 2.05) is 13.5 Å². The third-order valence-electron chi connectivity index (χ3n) is 3.50. The summed E-state index contributed by atoms with van der Waals surface area (Å²) in [7, 11) is -1.74. The fourth-order valence-corrected chi connectivity index (χ4v) is 2.74. The van der Waals surface area contributed by atoms with Crippen molar-refractivity contribution in [2.24, 2.45) is 5.92 Å². The van der Waals surface area contributed by atoms with Crippen LogP contribution >= 0.6 is 0 Å². The number of β-lactam (4-membered cyclic amide) rings is 1. The molecule has 1 heterocycles. The van der Waals surface area contributed by atoms with Crippen molar-refractivity contribution in [2.45, 2.75) is 51.9 Å². The maximum Gasteiger partial charge on any atom is 0.228 e. The molecule has 2 atom stereocenters. The zero-order valence-corrected chi connectivity index (χ0v) is 11.5. The number of hydrogen-bond acceptors (Lipinski definition) is 2. The van der Waals surface area contributed by atoms with Gasteiger partial charge in [-0.2, -0.15) is 0 Å². The first-order valence-corrected chi connectivity index (χ1v) is 8.37. The standard InChI is InChI=1S/C11H22NO2Si/c1-8(9-7-12-10(9)13)14-15(5,6)11(2,3)4/h7-9H,1-6H3,(H,12,13)/t8-,9-/m1/s1.